The molecule has 3 aromatic rings. The zero-order chi connectivity index (χ0) is 21.6. The number of amides is 1. The number of hydrogen-bond acceptors (Lipinski definition) is 4. The van der Waals surface area contributed by atoms with Gasteiger partial charge in [0.25, 0.3) is 0 Å². The monoisotopic (exact) mass is 419 g/mol. The van der Waals surface area contributed by atoms with Crippen LogP contribution in [0, 0.1) is 0 Å². The predicted molar refractivity (Wildman–Crippen MR) is 105 cm³/mol. The number of rotatable bonds is 8. The number of methoxy groups -OCH3 is 1. The summed E-state index contributed by atoms with van der Waals surface area (Å²) in [5, 5.41) is 7.04. The van der Waals surface area contributed by atoms with Crippen molar-refractivity contribution in [2.24, 2.45) is 0 Å². The number of carbonyl (C=O) groups excluding carboxylic acids is 1. The van der Waals surface area contributed by atoms with Gasteiger partial charge >= 0.3 is 6.18 Å². The van der Waals surface area contributed by atoms with Crippen LogP contribution in [-0.2, 0) is 11.2 Å². The van der Waals surface area contributed by atoms with Crippen molar-refractivity contribution in [3.63, 3.8) is 0 Å². The Kier molecular flexibility index (Phi) is 6.61. The fraction of sp³-hybridized carbons (Fsp3) is 0.238. The molecule has 1 amide bonds. The van der Waals surface area contributed by atoms with Gasteiger partial charge in [0.05, 0.1) is 18.5 Å². The van der Waals surface area contributed by atoms with Crippen LogP contribution in [0.5, 0.6) is 11.5 Å². The maximum atomic E-state index is 12.4. The van der Waals surface area contributed by atoms with Crippen LogP contribution in [0.3, 0.4) is 0 Å². The van der Waals surface area contributed by atoms with E-state index in [1.807, 2.05) is 18.2 Å². The third kappa shape index (κ3) is 5.76. The van der Waals surface area contributed by atoms with Crippen LogP contribution in [0.1, 0.15) is 12.0 Å². The number of anilines is 1. The number of carbonyl (C=O) groups is 1. The Morgan fingerprint density at radius 3 is 2.63 bits per heavy atom. The van der Waals surface area contributed by atoms with Gasteiger partial charge in [0.2, 0.25) is 5.91 Å². The first-order chi connectivity index (χ1) is 14.4. The lowest BCUT2D eigenvalue weighted by Crippen LogP contribution is -2.19. The minimum absolute atomic E-state index is 0.00354. The van der Waals surface area contributed by atoms with Crippen LogP contribution >= 0.6 is 0 Å². The molecule has 1 aromatic heterocycles. The van der Waals surface area contributed by atoms with Crippen molar-refractivity contribution in [2.75, 3.05) is 19.0 Å². The van der Waals surface area contributed by atoms with E-state index in [-0.39, 0.29) is 23.8 Å². The molecule has 0 aliphatic rings. The number of aryl methyl sites for hydroxylation is 1. The van der Waals surface area contributed by atoms with Crippen molar-refractivity contribution in [1.82, 2.24) is 9.78 Å². The van der Waals surface area contributed by atoms with Gasteiger partial charge in [0.15, 0.2) is 18.1 Å². The Labute approximate surface area is 171 Å². The normalized spacial score (nSPS) is 11.2. The number of ether oxygens (including phenoxy) is 2. The van der Waals surface area contributed by atoms with Crippen molar-refractivity contribution in [3.05, 3.63) is 66.5 Å². The second kappa shape index (κ2) is 9.34. The SMILES string of the molecule is COc1cc(CCC(=O)Nc2ccccc2-n2cccn2)ccc1OCC(F)(F)F. The largest absolute Gasteiger partial charge is 0.493 e. The highest BCUT2D eigenvalue weighted by Gasteiger charge is 2.29. The first-order valence-electron chi connectivity index (χ1n) is 9.11. The number of alkyl halides is 3. The molecule has 0 radical (unpaired) electrons. The molecule has 6 nitrogen and oxygen atoms in total. The molecule has 0 spiro atoms. The van der Waals surface area contributed by atoms with E-state index in [1.54, 1.807) is 41.3 Å². The molecular weight excluding hydrogens is 399 g/mol. The molecule has 0 saturated carbocycles. The maximum absolute atomic E-state index is 12.4. The van der Waals surface area contributed by atoms with Crippen LogP contribution in [0.15, 0.2) is 60.9 Å². The van der Waals surface area contributed by atoms with E-state index >= 15 is 0 Å². The van der Waals surface area contributed by atoms with Crippen molar-refractivity contribution in [3.8, 4) is 17.2 Å². The number of nitrogens with zero attached hydrogens (tertiary/aromatic N) is 2. The summed E-state index contributed by atoms with van der Waals surface area (Å²) in [6.45, 7) is -1.40. The van der Waals surface area contributed by atoms with Crippen molar-refractivity contribution < 1.29 is 27.4 Å². The van der Waals surface area contributed by atoms with Gasteiger partial charge in [-0.25, -0.2) is 4.68 Å². The van der Waals surface area contributed by atoms with E-state index in [0.29, 0.717) is 12.1 Å². The highest BCUT2D eigenvalue weighted by atomic mass is 19.4. The molecule has 0 atom stereocenters. The van der Waals surface area contributed by atoms with E-state index in [0.717, 1.165) is 11.3 Å². The molecule has 0 aliphatic carbocycles. The van der Waals surface area contributed by atoms with Crippen LogP contribution in [0.2, 0.25) is 0 Å². The van der Waals surface area contributed by atoms with Crippen molar-refractivity contribution in [2.45, 2.75) is 19.0 Å². The van der Waals surface area contributed by atoms with Crippen LogP contribution in [-0.4, -0.2) is 35.6 Å². The number of benzene rings is 2. The third-order valence-electron chi connectivity index (χ3n) is 4.19. The van der Waals surface area contributed by atoms with Crippen LogP contribution in [0.4, 0.5) is 18.9 Å². The van der Waals surface area contributed by atoms with E-state index in [4.69, 9.17) is 9.47 Å². The molecular formula is C21H20F3N3O3. The molecule has 9 heteroatoms. The van der Waals surface area contributed by atoms with E-state index in [1.165, 1.54) is 13.2 Å². The topological polar surface area (TPSA) is 65.4 Å². The molecule has 0 aliphatic heterocycles. The second-order valence-corrected chi connectivity index (χ2v) is 6.41. The fourth-order valence-corrected chi connectivity index (χ4v) is 2.81. The van der Waals surface area contributed by atoms with Gasteiger partial charge in [-0.1, -0.05) is 18.2 Å². The lowest BCUT2D eigenvalue weighted by atomic mass is 10.1. The van der Waals surface area contributed by atoms with Crippen molar-refractivity contribution in [1.29, 1.82) is 0 Å². The first-order valence-corrected chi connectivity index (χ1v) is 9.11. The number of aromatic nitrogens is 2. The number of hydrogen-bond donors (Lipinski definition) is 1. The standard InChI is InChI=1S/C21H20F3N3O3/c1-29-19-13-15(7-9-18(19)30-14-21(22,23)24)8-10-20(28)26-16-5-2-3-6-17(16)27-12-4-11-25-27/h2-7,9,11-13H,8,10,14H2,1H3,(H,26,28). The molecule has 2 aromatic carbocycles. The quantitative estimate of drug-likeness (QED) is 0.588. The molecule has 1 N–H and O–H groups in total. The summed E-state index contributed by atoms with van der Waals surface area (Å²) in [6, 6.07) is 13.7. The summed E-state index contributed by atoms with van der Waals surface area (Å²) in [5.41, 5.74) is 2.10. The number of para-hydroxylation sites is 2. The summed E-state index contributed by atoms with van der Waals surface area (Å²) < 4.78 is 48.6. The Balaban J connectivity index is 1.61. The molecule has 0 unspecified atom stereocenters. The minimum atomic E-state index is -4.44. The summed E-state index contributed by atoms with van der Waals surface area (Å²) in [6.07, 6.45) is -0.451. The molecule has 158 valence electrons. The Bertz CT molecular complexity index is 989. The minimum Gasteiger partial charge on any atom is -0.493 e. The predicted octanol–water partition coefficient (Wildman–Crippen LogP) is 4.39. The average molecular weight is 419 g/mol. The molecule has 0 fully saturated rings. The molecule has 3 rings (SSSR count). The van der Waals surface area contributed by atoms with Crippen molar-refractivity contribution >= 4 is 11.6 Å². The Morgan fingerprint density at radius 1 is 1.13 bits per heavy atom. The number of halogens is 3. The van der Waals surface area contributed by atoms with Gasteiger partial charge in [-0.3, -0.25) is 4.79 Å². The first kappa shape index (κ1) is 21.2. The van der Waals surface area contributed by atoms with Gasteiger partial charge in [-0.2, -0.15) is 18.3 Å². The van der Waals surface area contributed by atoms with Crippen LogP contribution in [0.25, 0.3) is 5.69 Å². The van der Waals surface area contributed by atoms with E-state index < -0.39 is 12.8 Å². The molecule has 30 heavy (non-hydrogen) atoms. The average Bonchev–Trinajstić information content (AvgIpc) is 3.25. The van der Waals surface area contributed by atoms with Gasteiger partial charge in [-0.05, 0) is 42.3 Å². The van der Waals surface area contributed by atoms with Crippen LogP contribution < -0.4 is 14.8 Å². The summed E-state index contributed by atoms with van der Waals surface area (Å²) >= 11 is 0. The van der Waals surface area contributed by atoms with Gasteiger partial charge in [0, 0.05) is 18.8 Å². The van der Waals surface area contributed by atoms with E-state index in [9.17, 15) is 18.0 Å². The summed E-state index contributed by atoms with van der Waals surface area (Å²) in [7, 11) is 1.35. The zero-order valence-corrected chi connectivity index (χ0v) is 16.1. The highest BCUT2D eigenvalue weighted by molar-refractivity contribution is 5.92. The lowest BCUT2D eigenvalue weighted by Gasteiger charge is -2.14. The fourth-order valence-electron chi connectivity index (χ4n) is 2.81. The van der Waals surface area contributed by atoms with Gasteiger partial charge in [-0.15, -0.1) is 0 Å². The second-order valence-electron chi connectivity index (χ2n) is 6.41. The third-order valence-corrected chi connectivity index (χ3v) is 4.19. The lowest BCUT2D eigenvalue weighted by molar-refractivity contribution is -0.153. The Morgan fingerprint density at radius 2 is 1.93 bits per heavy atom. The van der Waals surface area contributed by atoms with Gasteiger partial charge in [0.1, 0.15) is 0 Å². The van der Waals surface area contributed by atoms with Gasteiger partial charge < -0.3 is 14.8 Å². The van der Waals surface area contributed by atoms with E-state index in [2.05, 4.69) is 10.4 Å². The molecule has 1 heterocycles. The summed E-state index contributed by atoms with van der Waals surface area (Å²) in [4.78, 5) is 12.4. The zero-order valence-electron chi connectivity index (χ0n) is 16.1. The number of nitrogens with one attached hydrogen (secondary N) is 1. The summed E-state index contributed by atoms with van der Waals surface area (Å²) in [5.74, 6) is -0.0247. The highest BCUT2D eigenvalue weighted by Crippen LogP contribution is 2.30. The Hall–Kier alpha value is -3.49. The molecule has 0 saturated heterocycles. The maximum Gasteiger partial charge on any atom is 0.422 e. The molecule has 0 bridgehead atoms. The smallest absolute Gasteiger partial charge is 0.422 e.